The van der Waals surface area contributed by atoms with Gasteiger partial charge in [-0.15, -0.1) is 0 Å². The topological polar surface area (TPSA) is 60.4 Å². The largest absolute Gasteiger partial charge is 0.388 e. The predicted octanol–water partition coefficient (Wildman–Crippen LogP) is 2.96. The lowest BCUT2D eigenvalue weighted by Gasteiger charge is -2.25. The van der Waals surface area contributed by atoms with E-state index in [1.54, 1.807) is 48.5 Å². The monoisotopic (exact) mass is 311 g/mol. The summed E-state index contributed by atoms with van der Waals surface area (Å²) in [6.07, 6.45) is 0. The Labute approximate surface area is 128 Å². The summed E-state index contributed by atoms with van der Waals surface area (Å²) in [5.74, 6) is -0.159. The van der Waals surface area contributed by atoms with Crippen LogP contribution < -0.4 is 0 Å². The summed E-state index contributed by atoms with van der Waals surface area (Å²) in [4.78, 5) is 24.7. The lowest BCUT2D eigenvalue weighted by atomic mass is 9.71. The first-order chi connectivity index (χ1) is 10.7. The van der Waals surface area contributed by atoms with Crippen molar-refractivity contribution >= 4 is 20.4 Å². The molecule has 4 nitrogen and oxygen atoms in total. The van der Waals surface area contributed by atoms with E-state index in [-0.39, 0.29) is 5.57 Å². The van der Waals surface area contributed by atoms with E-state index in [2.05, 4.69) is 0 Å². The number of benzene rings is 2. The van der Waals surface area contributed by atoms with Gasteiger partial charge in [0.25, 0.3) is 0 Å². The first kappa shape index (κ1) is 14.4. The second-order valence-corrected chi connectivity index (χ2v) is 5.36. The second-order valence-electron chi connectivity index (χ2n) is 4.83. The number of hydrogen-bond donors (Lipinski definition) is 0. The molecule has 1 aliphatic heterocycles. The molecule has 22 heavy (non-hydrogen) atoms. The molecule has 0 aliphatic carbocycles. The molecule has 1 atom stereocenters. The average molecular weight is 311 g/mol. The minimum Gasteiger partial charge on any atom is -0.388 e. The van der Waals surface area contributed by atoms with Crippen molar-refractivity contribution in [2.45, 2.75) is 5.41 Å². The van der Waals surface area contributed by atoms with Crippen LogP contribution in [0.4, 0.5) is 0 Å². The number of esters is 2. The Bertz CT molecular complexity index is 726. The van der Waals surface area contributed by atoms with E-state index in [0.29, 0.717) is 11.1 Å². The Hall–Kier alpha value is -2.58. The van der Waals surface area contributed by atoms with Crippen LogP contribution >= 0.6 is 8.46 Å². The molecule has 1 unspecified atom stereocenters. The van der Waals surface area contributed by atoms with Crippen LogP contribution in [0.25, 0.3) is 0 Å². The molecule has 1 heterocycles. The summed E-state index contributed by atoms with van der Waals surface area (Å²) in [5, 5.41) is 0. The maximum atomic E-state index is 12.6. The molecular formula is C17H12O4P+. The minimum absolute atomic E-state index is 0.100. The van der Waals surface area contributed by atoms with Crippen LogP contribution in [0.3, 0.4) is 0 Å². The fourth-order valence-corrected chi connectivity index (χ4v) is 3.25. The van der Waals surface area contributed by atoms with E-state index in [4.69, 9.17) is 4.74 Å². The molecule has 0 bridgehead atoms. The maximum absolute atomic E-state index is 12.6. The van der Waals surface area contributed by atoms with Crippen molar-refractivity contribution in [1.82, 2.24) is 0 Å². The van der Waals surface area contributed by atoms with Gasteiger partial charge in [-0.05, 0) is 11.1 Å². The molecule has 0 saturated carbocycles. The minimum atomic E-state index is -1.36. The fourth-order valence-electron chi connectivity index (χ4n) is 2.79. The van der Waals surface area contributed by atoms with Gasteiger partial charge in [0.15, 0.2) is 11.2 Å². The third kappa shape index (κ3) is 2.00. The molecule has 108 valence electrons. The van der Waals surface area contributed by atoms with Crippen LogP contribution in [0.2, 0.25) is 0 Å². The van der Waals surface area contributed by atoms with Gasteiger partial charge in [0, 0.05) is 0 Å². The van der Waals surface area contributed by atoms with Gasteiger partial charge in [0.1, 0.15) is 5.57 Å². The maximum Gasteiger partial charge on any atom is 0.356 e. The van der Waals surface area contributed by atoms with Crippen molar-refractivity contribution in [1.29, 1.82) is 0 Å². The molecule has 2 aromatic carbocycles. The molecule has 0 amide bonds. The summed E-state index contributed by atoms with van der Waals surface area (Å²) >= 11 is 0. The Morgan fingerprint density at radius 1 is 0.864 bits per heavy atom. The highest BCUT2D eigenvalue weighted by molar-refractivity contribution is 7.27. The average Bonchev–Trinajstić information content (AvgIpc) is 2.81. The molecule has 0 N–H and O–H groups in total. The molecule has 0 spiro atoms. The molecular weight excluding hydrogens is 299 g/mol. The molecule has 3 rings (SSSR count). The second kappa shape index (κ2) is 5.66. The van der Waals surface area contributed by atoms with Gasteiger partial charge in [-0.3, -0.25) is 0 Å². The highest BCUT2D eigenvalue weighted by Crippen LogP contribution is 2.45. The van der Waals surface area contributed by atoms with E-state index < -0.39 is 25.8 Å². The first-order valence-corrected chi connectivity index (χ1v) is 7.65. The lowest BCUT2D eigenvalue weighted by molar-refractivity contribution is -0.152. The van der Waals surface area contributed by atoms with Crippen LogP contribution in [0.5, 0.6) is 0 Å². The predicted molar refractivity (Wildman–Crippen MR) is 81.8 cm³/mol. The SMILES string of the molecule is O=[PH+]C=C1C(=O)OC(=O)C1(c1ccccc1)c1ccccc1. The van der Waals surface area contributed by atoms with Crippen LogP contribution in [-0.4, -0.2) is 11.9 Å². The summed E-state index contributed by atoms with van der Waals surface area (Å²) in [6, 6.07) is 17.8. The lowest BCUT2D eigenvalue weighted by Crippen LogP contribution is -2.34. The zero-order valence-corrected chi connectivity index (χ0v) is 12.5. The quantitative estimate of drug-likeness (QED) is 0.378. The molecule has 1 saturated heterocycles. The van der Waals surface area contributed by atoms with Crippen molar-refractivity contribution in [3.8, 4) is 0 Å². The number of cyclic esters (lactones) is 2. The highest BCUT2D eigenvalue weighted by atomic mass is 31.1. The molecule has 1 aliphatic rings. The van der Waals surface area contributed by atoms with Crippen LogP contribution in [0.15, 0.2) is 72.1 Å². The first-order valence-electron chi connectivity index (χ1n) is 6.67. The fraction of sp³-hybridized carbons (Fsp3) is 0.0588. The van der Waals surface area contributed by atoms with Crippen LogP contribution in [0.1, 0.15) is 11.1 Å². The van der Waals surface area contributed by atoms with E-state index in [1.807, 2.05) is 12.1 Å². The third-order valence-corrected chi connectivity index (χ3v) is 4.14. The number of rotatable bonds is 3. The van der Waals surface area contributed by atoms with Gasteiger partial charge < -0.3 is 4.74 Å². The molecule has 2 aromatic rings. The third-order valence-electron chi connectivity index (χ3n) is 3.73. The van der Waals surface area contributed by atoms with E-state index in [9.17, 15) is 14.2 Å². The number of hydrogen-bond acceptors (Lipinski definition) is 4. The molecule has 1 fully saturated rings. The van der Waals surface area contributed by atoms with Crippen LogP contribution in [-0.2, 0) is 24.3 Å². The Balaban J connectivity index is 2.38. The van der Waals surface area contributed by atoms with Gasteiger partial charge in [-0.2, -0.15) is 0 Å². The van der Waals surface area contributed by atoms with Gasteiger partial charge >= 0.3 is 20.4 Å². The highest BCUT2D eigenvalue weighted by Gasteiger charge is 2.57. The zero-order chi connectivity index (χ0) is 15.6. The Kier molecular flexibility index (Phi) is 3.70. The van der Waals surface area contributed by atoms with Crippen molar-refractivity contribution in [2.75, 3.05) is 0 Å². The molecule has 0 aromatic heterocycles. The van der Waals surface area contributed by atoms with Gasteiger partial charge in [-0.1, -0.05) is 65.2 Å². The number of carbonyl (C=O) groups is 2. The van der Waals surface area contributed by atoms with Crippen molar-refractivity contribution in [3.05, 3.63) is 83.2 Å². The molecule has 0 radical (unpaired) electrons. The van der Waals surface area contributed by atoms with Gasteiger partial charge in [0.05, 0.1) is 0 Å². The van der Waals surface area contributed by atoms with Crippen LogP contribution in [0, 0.1) is 0 Å². The zero-order valence-electron chi connectivity index (χ0n) is 11.5. The Morgan fingerprint density at radius 2 is 1.36 bits per heavy atom. The van der Waals surface area contributed by atoms with Gasteiger partial charge in [-0.25, -0.2) is 9.59 Å². The molecule has 5 heteroatoms. The summed E-state index contributed by atoms with van der Waals surface area (Å²) in [7, 11) is -0.841. The van der Waals surface area contributed by atoms with E-state index in [1.165, 1.54) is 5.82 Å². The number of carbonyl (C=O) groups excluding carboxylic acids is 2. The Morgan fingerprint density at radius 3 is 1.82 bits per heavy atom. The van der Waals surface area contributed by atoms with E-state index in [0.717, 1.165) is 0 Å². The van der Waals surface area contributed by atoms with Crippen molar-refractivity contribution < 1.29 is 18.9 Å². The van der Waals surface area contributed by atoms with Crippen molar-refractivity contribution in [3.63, 3.8) is 0 Å². The summed E-state index contributed by atoms with van der Waals surface area (Å²) < 4.78 is 16.0. The summed E-state index contributed by atoms with van der Waals surface area (Å²) in [5.41, 5.74) is -0.0388. The van der Waals surface area contributed by atoms with Crippen molar-refractivity contribution in [2.24, 2.45) is 0 Å². The number of ether oxygens (including phenoxy) is 1. The van der Waals surface area contributed by atoms with E-state index >= 15 is 0 Å². The summed E-state index contributed by atoms with van der Waals surface area (Å²) in [6.45, 7) is 0. The van der Waals surface area contributed by atoms with Gasteiger partial charge in [0.2, 0.25) is 0 Å². The standard InChI is InChI=1S/C17H11O4P/c18-15-14(11-22-20)17(16(19)21-15,12-7-3-1-4-8-12)13-9-5-2-6-10-13/h1-11H/p+1. The smallest absolute Gasteiger partial charge is 0.356 e. The normalized spacial score (nSPS) is 18.6.